The second-order valence-corrected chi connectivity index (χ2v) is 8.32. The van der Waals surface area contributed by atoms with E-state index in [0.29, 0.717) is 0 Å². The van der Waals surface area contributed by atoms with Crippen LogP contribution in [0.5, 0.6) is 0 Å². The molecule has 0 aromatic heterocycles. The zero-order chi connectivity index (χ0) is 13.9. The molecular formula is C14H20BrNO2S. The Morgan fingerprint density at radius 2 is 2.05 bits per heavy atom. The lowest BCUT2D eigenvalue weighted by molar-refractivity contribution is 0.510. The van der Waals surface area contributed by atoms with Crippen LogP contribution in [0.15, 0.2) is 28.7 Å². The van der Waals surface area contributed by atoms with Crippen molar-refractivity contribution in [2.75, 3.05) is 12.8 Å². The molecule has 0 saturated heterocycles. The molecule has 0 heterocycles. The minimum absolute atomic E-state index is 0.123. The first kappa shape index (κ1) is 15.0. The van der Waals surface area contributed by atoms with Gasteiger partial charge < -0.3 is 5.32 Å². The molecule has 1 aliphatic rings. The van der Waals surface area contributed by atoms with Gasteiger partial charge in [0.15, 0.2) is 9.84 Å². The van der Waals surface area contributed by atoms with E-state index < -0.39 is 9.84 Å². The Kier molecular flexibility index (Phi) is 5.03. The van der Waals surface area contributed by atoms with Crippen molar-refractivity contribution >= 4 is 25.8 Å². The highest BCUT2D eigenvalue weighted by atomic mass is 79.9. The average molecular weight is 346 g/mol. The molecule has 106 valence electrons. The summed E-state index contributed by atoms with van der Waals surface area (Å²) in [6.45, 7) is 0.819. The lowest BCUT2D eigenvalue weighted by atomic mass is 10.1. The van der Waals surface area contributed by atoms with Crippen LogP contribution in [-0.2, 0) is 16.3 Å². The van der Waals surface area contributed by atoms with Gasteiger partial charge in [0.2, 0.25) is 0 Å². The van der Waals surface area contributed by atoms with Crippen molar-refractivity contribution < 1.29 is 8.42 Å². The molecule has 1 aromatic carbocycles. The van der Waals surface area contributed by atoms with Gasteiger partial charge in [-0.25, -0.2) is 8.42 Å². The predicted octanol–water partition coefficient (Wildman–Crippen LogP) is 2.55. The Bertz CT molecular complexity index is 530. The van der Waals surface area contributed by atoms with Gasteiger partial charge in [0.1, 0.15) is 0 Å². The number of benzene rings is 1. The summed E-state index contributed by atoms with van der Waals surface area (Å²) in [6.07, 6.45) is 5.03. The third kappa shape index (κ3) is 4.04. The second-order valence-electron chi connectivity index (χ2n) is 5.20. The van der Waals surface area contributed by atoms with Crippen molar-refractivity contribution in [2.45, 2.75) is 37.0 Å². The van der Waals surface area contributed by atoms with Crippen molar-refractivity contribution in [1.29, 1.82) is 0 Å². The first-order valence-electron chi connectivity index (χ1n) is 6.64. The predicted molar refractivity (Wildman–Crippen MR) is 82.1 cm³/mol. The van der Waals surface area contributed by atoms with Crippen LogP contribution in [0.4, 0.5) is 0 Å². The van der Waals surface area contributed by atoms with Crippen molar-refractivity contribution in [1.82, 2.24) is 5.32 Å². The normalized spacial score (nSPS) is 23.7. The third-order valence-corrected chi connectivity index (χ3v) is 6.20. The molecule has 2 atom stereocenters. The Morgan fingerprint density at radius 1 is 1.32 bits per heavy atom. The number of sulfone groups is 1. The smallest absolute Gasteiger partial charge is 0.151 e. The molecule has 19 heavy (non-hydrogen) atoms. The van der Waals surface area contributed by atoms with E-state index in [-0.39, 0.29) is 11.3 Å². The average Bonchev–Trinajstić information content (AvgIpc) is 2.80. The van der Waals surface area contributed by atoms with Crippen molar-refractivity contribution in [3.05, 3.63) is 34.3 Å². The van der Waals surface area contributed by atoms with Crippen LogP contribution < -0.4 is 5.32 Å². The summed E-state index contributed by atoms with van der Waals surface area (Å²) in [5.74, 6) is 0. The Hall–Kier alpha value is -0.390. The first-order chi connectivity index (χ1) is 8.98. The molecule has 0 spiro atoms. The summed E-state index contributed by atoms with van der Waals surface area (Å²) >= 11 is 3.53. The van der Waals surface area contributed by atoms with Crippen LogP contribution in [-0.4, -0.2) is 32.5 Å². The molecule has 0 radical (unpaired) electrons. The largest absolute Gasteiger partial charge is 0.312 e. The monoisotopic (exact) mass is 345 g/mol. The van der Waals surface area contributed by atoms with Crippen LogP contribution >= 0.6 is 15.9 Å². The van der Waals surface area contributed by atoms with Gasteiger partial charge >= 0.3 is 0 Å². The van der Waals surface area contributed by atoms with E-state index in [4.69, 9.17) is 0 Å². The van der Waals surface area contributed by atoms with Crippen LogP contribution in [0, 0.1) is 0 Å². The highest BCUT2D eigenvalue weighted by Crippen LogP contribution is 2.25. The van der Waals surface area contributed by atoms with Gasteiger partial charge in [0.05, 0.1) is 5.25 Å². The molecule has 0 bridgehead atoms. The lowest BCUT2D eigenvalue weighted by Gasteiger charge is -2.19. The number of nitrogens with one attached hydrogen (secondary N) is 1. The number of hydrogen-bond acceptors (Lipinski definition) is 3. The van der Waals surface area contributed by atoms with E-state index >= 15 is 0 Å². The molecule has 0 aliphatic heterocycles. The van der Waals surface area contributed by atoms with Crippen LogP contribution in [0.25, 0.3) is 0 Å². The van der Waals surface area contributed by atoms with Crippen LogP contribution in [0.3, 0.4) is 0 Å². The Balaban J connectivity index is 1.88. The van der Waals surface area contributed by atoms with Crippen molar-refractivity contribution in [3.8, 4) is 0 Å². The summed E-state index contributed by atoms with van der Waals surface area (Å²) < 4.78 is 24.5. The summed E-state index contributed by atoms with van der Waals surface area (Å²) in [4.78, 5) is 0. The molecule has 5 heteroatoms. The molecule has 1 saturated carbocycles. The molecule has 0 amide bonds. The van der Waals surface area contributed by atoms with Gasteiger partial charge in [0.25, 0.3) is 0 Å². The van der Waals surface area contributed by atoms with Gasteiger partial charge in [0, 0.05) is 16.8 Å². The molecule has 1 N–H and O–H groups in total. The molecule has 0 unspecified atom stereocenters. The molecule has 1 aliphatic carbocycles. The SMILES string of the molecule is CS(=O)(=O)[C@@H]1CCC[C@@H]1NCCc1ccccc1Br. The third-order valence-electron chi connectivity index (χ3n) is 3.76. The quantitative estimate of drug-likeness (QED) is 0.891. The maximum absolute atomic E-state index is 11.7. The zero-order valence-electron chi connectivity index (χ0n) is 11.1. The van der Waals surface area contributed by atoms with Crippen molar-refractivity contribution in [3.63, 3.8) is 0 Å². The first-order valence-corrected chi connectivity index (χ1v) is 9.39. The van der Waals surface area contributed by atoms with Crippen LogP contribution in [0.2, 0.25) is 0 Å². The summed E-state index contributed by atoms with van der Waals surface area (Å²) in [6, 6.07) is 8.27. The van der Waals surface area contributed by atoms with Gasteiger partial charge in [-0.05, 0) is 37.4 Å². The maximum Gasteiger partial charge on any atom is 0.151 e. The topological polar surface area (TPSA) is 46.2 Å². The number of rotatable bonds is 5. The van der Waals surface area contributed by atoms with E-state index in [1.165, 1.54) is 11.8 Å². The van der Waals surface area contributed by atoms with E-state index in [1.807, 2.05) is 18.2 Å². The fraction of sp³-hybridized carbons (Fsp3) is 0.571. The second kappa shape index (κ2) is 6.37. The number of hydrogen-bond donors (Lipinski definition) is 1. The minimum Gasteiger partial charge on any atom is -0.312 e. The fourth-order valence-electron chi connectivity index (χ4n) is 2.77. The van der Waals surface area contributed by atoms with Crippen LogP contribution in [0.1, 0.15) is 24.8 Å². The number of halogens is 1. The summed E-state index contributed by atoms with van der Waals surface area (Å²) in [7, 11) is -2.93. The molecule has 1 aromatic rings. The Labute approximate surface area is 123 Å². The molecular weight excluding hydrogens is 326 g/mol. The summed E-state index contributed by atoms with van der Waals surface area (Å²) in [5.41, 5.74) is 1.25. The van der Waals surface area contributed by atoms with E-state index in [9.17, 15) is 8.42 Å². The highest BCUT2D eigenvalue weighted by Gasteiger charge is 2.34. The van der Waals surface area contributed by atoms with E-state index in [0.717, 1.165) is 36.7 Å². The molecule has 3 nitrogen and oxygen atoms in total. The maximum atomic E-state index is 11.7. The zero-order valence-corrected chi connectivity index (χ0v) is 13.5. The Morgan fingerprint density at radius 3 is 2.74 bits per heavy atom. The minimum atomic E-state index is -2.93. The summed E-state index contributed by atoms with van der Waals surface area (Å²) in [5, 5.41) is 3.21. The van der Waals surface area contributed by atoms with Gasteiger partial charge in [-0.2, -0.15) is 0 Å². The van der Waals surface area contributed by atoms with Gasteiger partial charge in [-0.3, -0.25) is 0 Å². The lowest BCUT2D eigenvalue weighted by Crippen LogP contribution is -2.40. The van der Waals surface area contributed by atoms with E-state index in [1.54, 1.807) is 0 Å². The van der Waals surface area contributed by atoms with E-state index in [2.05, 4.69) is 27.3 Å². The molecule has 1 fully saturated rings. The van der Waals surface area contributed by atoms with Crippen molar-refractivity contribution in [2.24, 2.45) is 0 Å². The molecule has 2 rings (SSSR count). The fourth-order valence-corrected chi connectivity index (χ4v) is 4.67. The van der Waals surface area contributed by atoms with Gasteiger partial charge in [-0.15, -0.1) is 0 Å². The standard InChI is InChI=1S/C14H20BrNO2S/c1-19(17,18)14-8-4-7-13(14)16-10-9-11-5-2-3-6-12(11)15/h2-3,5-6,13-14,16H,4,7-10H2,1H3/t13-,14+/m0/s1. The van der Waals surface area contributed by atoms with Gasteiger partial charge in [-0.1, -0.05) is 40.5 Å². The highest BCUT2D eigenvalue weighted by molar-refractivity contribution is 9.10.